The molecule has 4 heterocycles. The van der Waals surface area contributed by atoms with Crippen LogP contribution < -0.4 is 15.0 Å². The minimum atomic E-state index is -4.45. The Morgan fingerprint density at radius 1 is 1.24 bits per heavy atom. The molecule has 11 heteroatoms. The maximum atomic E-state index is 13.1. The molecule has 1 amide bonds. The number of nitrogens with zero attached hydrogens (tertiary/aromatic N) is 5. The van der Waals surface area contributed by atoms with Crippen LogP contribution in [0.4, 0.5) is 19.0 Å². The predicted octanol–water partition coefficient (Wildman–Crippen LogP) is 3.10. The molecule has 1 N–H and O–H groups in total. The van der Waals surface area contributed by atoms with Crippen LogP contribution in [0.1, 0.15) is 38.4 Å². The number of aromatic nitrogens is 4. The summed E-state index contributed by atoms with van der Waals surface area (Å²) in [5.41, 5.74) is 1.98. The third-order valence-electron chi connectivity index (χ3n) is 5.39. The van der Waals surface area contributed by atoms with Gasteiger partial charge in [-0.25, -0.2) is 0 Å². The van der Waals surface area contributed by atoms with Gasteiger partial charge in [-0.1, -0.05) is 0 Å². The highest BCUT2D eigenvalue weighted by Crippen LogP contribution is 2.32. The average molecular weight is 458 g/mol. The Bertz CT molecular complexity index is 1190. The van der Waals surface area contributed by atoms with Crippen LogP contribution in [0.5, 0.6) is 5.75 Å². The second-order valence-corrected chi connectivity index (χ2v) is 7.61. The predicted molar refractivity (Wildman–Crippen MR) is 113 cm³/mol. The summed E-state index contributed by atoms with van der Waals surface area (Å²) >= 11 is 0. The second-order valence-electron chi connectivity index (χ2n) is 7.61. The summed E-state index contributed by atoms with van der Waals surface area (Å²) in [5.74, 6) is 0.674. The quantitative estimate of drug-likeness (QED) is 0.628. The topological polar surface area (TPSA) is 93.1 Å². The fourth-order valence-corrected chi connectivity index (χ4v) is 3.67. The van der Waals surface area contributed by atoms with E-state index in [9.17, 15) is 18.0 Å². The molecule has 0 radical (unpaired) electrons. The minimum absolute atomic E-state index is 0.141. The number of anilines is 1. The summed E-state index contributed by atoms with van der Waals surface area (Å²) in [7, 11) is 1.52. The summed E-state index contributed by atoms with van der Waals surface area (Å²) in [6.45, 7) is 2.78. The van der Waals surface area contributed by atoms with Gasteiger partial charge in [-0.15, -0.1) is 10.2 Å². The van der Waals surface area contributed by atoms with Crippen LogP contribution in [0.25, 0.3) is 0 Å². The molecule has 3 aromatic heterocycles. The van der Waals surface area contributed by atoms with Gasteiger partial charge in [-0.05, 0) is 36.2 Å². The number of amides is 1. The van der Waals surface area contributed by atoms with Crippen LogP contribution >= 0.6 is 0 Å². The zero-order chi connectivity index (χ0) is 23.6. The number of rotatable bonds is 5. The van der Waals surface area contributed by atoms with Crippen molar-refractivity contribution in [2.24, 2.45) is 0 Å². The number of methoxy groups -OCH3 is 1. The molecule has 33 heavy (non-hydrogen) atoms. The molecule has 8 nitrogen and oxygen atoms in total. The van der Waals surface area contributed by atoms with Crippen molar-refractivity contribution in [2.75, 3.05) is 18.6 Å². The van der Waals surface area contributed by atoms with E-state index in [1.54, 1.807) is 31.5 Å². The van der Waals surface area contributed by atoms with Crippen LogP contribution in [0.3, 0.4) is 0 Å². The molecule has 1 aliphatic rings. The molecular weight excluding hydrogens is 437 g/mol. The molecule has 3 aromatic rings. The number of aryl methyl sites for hydroxylation is 1. The summed E-state index contributed by atoms with van der Waals surface area (Å²) in [5, 5.41) is 11.0. The highest BCUT2D eigenvalue weighted by molar-refractivity contribution is 5.92. The van der Waals surface area contributed by atoms with E-state index in [0.717, 1.165) is 17.8 Å². The number of hydrogen-bond donors (Lipinski definition) is 1. The molecule has 0 aromatic carbocycles. The summed E-state index contributed by atoms with van der Waals surface area (Å²) in [4.78, 5) is 22.4. The Morgan fingerprint density at radius 3 is 2.79 bits per heavy atom. The first-order valence-corrected chi connectivity index (χ1v) is 10.2. The van der Waals surface area contributed by atoms with Gasteiger partial charge in [0.1, 0.15) is 5.75 Å². The Kier molecular flexibility index (Phi) is 6.12. The lowest BCUT2D eigenvalue weighted by atomic mass is 10.0. The van der Waals surface area contributed by atoms with E-state index in [2.05, 4.69) is 25.5 Å². The normalized spacial score (nSPS) is 13.4. The number of fused-ring (bicyclic) bond motifs is 1. The van der Waals surface area contributed by atoms with Crippen LogP contribution in [0.2, 0.25) is 0 Å². The molecule has 4 rings (SSSR count). The highest BCUT2D eigenvalue weighted by Gasteiger charge is 2.32. The van der Waals surface area contributed by atoms with Crippen LogP contribution in [0, 0.1) is 6.92 Å². The van der Waals surface area contributed by atoms with Gasteiger partial charge in [-0.3, -0.25) is 14.8 Å². The van der Waals surface area contributed by atoms with Crippen molar-refractivity contribution in [3.05, 3.63) is 70.4 Å². The summed E-state index contributed by atoms with van der Waals surface area (Å²) in [6, 6.07) is 4.49. The van der Waals surface area contributed by atoms with Gasteiger partial charge in [-0.2, -0.15) is 13.2 Å². The van der Waals surface area contributed by atoms with Gasteiger partial charge in [0, 0.05) is 49.7 Å². The minimum Gasteiger partial charge on any atom is -0.495 e. The standard InChI is InChI=1S/C22H21F3N6O2/c1-13-7-18(21(32)28-9-14-3-5-26-11-19(14)33-2)29-30-20(13)31-6-4-17-15(12-31)8-16(10-27-17)22(23,24)25/h3,5,7-8,10-11H,4,6,9,12H2,1-2H3,(H,28,32). The Balaban J connectivity index is 1.47. The lowest BCUT2D eigenvalue weighted by Crippen LogP contribution is -2.33. The fourth-order valence-electron chi connectivity index (χ4n) is 3.67. The molecule has 0 saturated carbocycles. The molecule has 0 atom stereocenters. The maximum absolute atomic E-state index is 13.1. The van der Waals surface area contributed by atoms with E-state index in [4.69, 9.17) is 4.74 Å². The van der Waals surface area contributed by atoms with Crippen molar-refractivity contribution >= 4 is 11.7 Å². The first kappa shape index (κ1) is 22.4. The third-order valence-corrected chi connectivity index (χ3v) is 5.39. The zero-order valence-electron chi connectivity index (χ0n) is 18.0. The van der Waals surface area contributed by atoms with E-state index in [1.165, 1.54) is 7.11 Å². The number of halogens is 3. The number of carbonyl (C=O) groups is 1. The number of carbonyl (C=O) groups excluding carboxylic acids is 1. The molecule has 172 valence electrons. The zero-order valence-corrected chi connectivity index (χ0v) is 18.0. The molecule has 0 bridgehead atoms. The van der Waals surface area contributed by atoms with Gasteiger partial charge < -0.3 is 15.0 Å². The smallest absolute Gasteiger partial charge is 0.417 e. The SMILES string of the molecule is COc1cnccc1CNC(=O)c1cc(C)c(N2CCc3ncc(C(F)(F)F)cc3C2)nn1. The third kappa shape index (κ3) is 4.86. The Labute approximate surface area is 187 Å². The molecule has 1 aliphatic heterocycles. The lowest BCUT2D eigenvalue weighted by molar-refractivity contribution is -0.137. The van der Waals surface area contributed by atoms with Crippen molar-refractivity contribution in [2.45, 2.75) is 32.6 Å². The van der Waals surface area contributed by atoms with E-state index in [1.807, 2.05) is 4.90 Å². The van der Waals surface area contributed by atoms with Crippen molar-refractivity contribution in [1.82, 2.24) is 25.5 Å². The van der Waals surface area contributed by atoms with Gasteiger partial charge in [0.05, 0.1) is 18.9 Å². The number of pyridine rings is 2. The molecular formula is C22H21F3N6O2. The molecule has 0 saturated heterocycles. The van der Waals surface area contributed by atoms with Gasteiger partial charge in [0.25, 0.3) is 5.91 Å². The van der Waals surface area contributed by atoms with E-state index in [0.29, 0.717) is 41.4 Å². The summed E-state index contributed by atoms with van der Waals surface area (Å²) < 4.78 is 44.4. The molecule has 0 spiro atoms. The molecule has 0 aliphatic carbocycles. The fraction of sp³-hybridized carbons (Fsp3) is 0.318. The van der Waals surface area contributed by atoms with Crippen molar-refractivity contribution < 1.29 is 22.7 Å². The molecule has 0 fully saturated rings. The first-order valence-electron chi connectivity index (χ1n) is 10.2. The van der Waals surface area contributed by atoms with Gasteiger partial charge in [0.15, 0.2) is 11.5 Å². The van der Waals surface area contributed by atoms with Crippen LogP contribution in [-0.4, -0.2) is 39.7 Å². The van der Waals surface area contributed by atoms with E-state index in [-0.39, 0.29) is 18.8 Å². The van der Waals surface area contributed by atoms with Crippen molar-refractivity contribution in [3.8, 4) is 5.75 Å². The first-order chi connectivity index (χ1) is 15.8. The monoisotopic (exact) mass is 458 g/mol. The van der Waals surface area contributed by atoms with Crippen LogP contribution in [-0.2, 0) is 25.7 Å². The molecule has 0 unspecified atom stereocenters. The van der Waals surface area contributed by atoms with Gasteiger partial charge in [0.2, 0.25) is 0 Å². The van der Waals surface area contributed by atoms with Crippen molar-refractivity contribution in [3.63, 3.8) is 0 Å². The Hall–Kier alpha value is -3.76. The second kappa shape index (κ2) is 9.00. The number of ether oxygens (including phenoxy) is 1. The summed E-state index contributed by atoms with van der Waals surface area (Å²) in [6.07, 6.45) is 0.0747. The Morgan fingerprint density at radius 2 is 2.06 bits per heavy atom. The number of nitrogens with one attached hydrogen (secondary N) is 1. The van der Waals surface area contributed by atoms with Crippen molar-refractivity contribution in [1.29, 1.82) is 0 Å². The van der Waals surface area contributed by atoms with Crippen LogP contribution in [0.15, 0.2) is 36.8 Å². The average Bonchev–Trinajstić information content (AvgIpc) is 2.81. The van der Waals surface area contributed by atoms with E-state index >= 15 is 0 Å². The number of alkyl halides is 3. The number of hydrogen-bond acceptors (Lipinski definition) is 7. The highest BCUT2D eigenvalue weighted by atomic mass is 19.4. The van der Waals surface area contributed by atoms with E-state index < -0.39 is 17.6 Å². The maximum Gasteiger partial charge on any atom is 0.417 e. The largest absolute Gasteiger partial charge is 0.495 e. The van der Waals surface area contributed by atoms with Gasteiger partial charge >= 0.3 is 6.18 Å². The lowest BCUT2D eigenvalue weighted by Gasteiger charge is -2.30.